The van der Waals surface area contributed by atoms with Crippen molar-refractivity contribution in [2.24, 2.45) is 0 Å². The van der Waals surface area contributed by atoms with Crippen molar-refractivity contribution in [2.45, 2.75) is 0 Å². The second kappa shape index (κ2) is 6.81. The third-order valence-electron chi connectivity index (χ3n) is 1.49. The molecule has 2 N–H and O–H groups in total. The van der Waals surface area contributed by atoms with Gasteiger partial charge in [-0.2, -0.15) is 0 Å². The molecule has 1 amide bonds. The van der Waals surface area contributed by atoms with E-state index in [0.717, 1.165) is 10.2 Å². The van der Waals surface area contributed by atoms with Crippen LogP contribution in [0.4, 0.5) is 5.69 Å². The second-order valence-electron chi connectivity index (χ2n) is 2.56. The molecule has 78 valence electrons. The first-order valence-corrected chi connectivity index (χ1v) is 4.72. The highest BCUT2D eigenvalue weighted by Gasteiger charge is 2.02. The molecule has 0 saturated carbocycles. The largest absolute Gasteiger partial charge is 0.324 e. The van der Waals surface area contributed by atoms with E-state index in [1.807, 2.05) is 24.3 Å². The standard InChI is InChI=1S/C9H11BrN2O.ClH/c1-11-6-9(13)12-8-5-3-2-4-7(8)10;/h2-5,11H,6H2,1H3,(H,12,13);1H. The number of likely N-dealkylation sites (N-methyl/N-ethyl adjacent to an activating group) is 1. The monoisotopic (exact) mass is 278 g/mol. The van der Waals surface area contributed by atoms with Gasteiger partial charge in [0.2, 0.25) is 5.91 Å². The first kappa shape index (κ1) is 13.4. The molecule has 0 unspecified atom stereocenters. The number of rotatable bonds is 3. The lowest BCUT2D eigenvalue weighted by Gasteiger charge is -2.05. The number of para-hydroxylation sites is 1. The van der Waals surface area contributed by atoms with Crippen molar-refractivity contribution in [1.82, 2.24) is 5.32 Å². The Kier molecular flexibility index (Phi) is 6.53. The Hall–Kier alpha value is -0.580. The van der Waals surface area contributed by atoms with Crippen LogP contribution in [0.3, 0.4) is 0 Å². The van der Waals surface area contributed by atoms with Gasteiger partial charge in [0, 0.05) is 4.47 Å². The number of amides is 1. The van der Waals surface area contributed by atoms with E-state index < -0.39 is 0 Å². The number of benzene rings is 1. The Morgan fingerprint density at radius 2 is 2.07 bits per heavy atom. The molecule has 0 atom stereocenters. The van der Waals surface area contributed by atoms with Crippen molar-refractivity contribution in [1.29, 1.82) is 0 Å². The molecule has 0 aromatic heterocycles. The third kappa shape index (κ3) is 4.09. The fourth-order valence-corrected chi connectivity index (χ4v) is 1.30. The highest BCUT2D eigenvalue weighted by molar-refractivity contribution is 9.10. The first-order valence-electron chi connectivity index (χ1n) is 3.93. The predicted octanol–water partition coefficient (Wildman–Crippen LogP) is 2.03. The van der Waals surface area contributed by atoms with E-state index in [2.05, 4.69) is 26.6 Å². The Morgan fingerprint density at radius 1 is 1.43 bits per heavy atom. The number of anilines is 1. The lowest BCUT2D eigenvalue weighted by molar-refractivity contribution is -0.115. The summed E-state index contributed by atoms with van der Waals surface area (Å²) in [7, 11) is 1.74. The molecule has 14 heavy (non-hydrogen) atoms. The van der Waals surface area contributed by atoms with Gasteiger partial charge < -0.3 is 10.6 Å². The molecule has 1 rings (SSSR count). The molecule has 0 bridgehead atoms. The average molecular weight is 280 g/mol. The quantitative estimate of drug-likeness (QED) is 0.889. The van der Waals surface area contributed by atoms with Crippen LogP contribution >= 0.6 is 28.3 Å². The van der Waals surface area contributed by atoms with Crippen molar-refractivity contribution < 1.29 is 4.79 Å². The van der Waals surface area contributed by atoms with Crippen molar-refractivity contribution >= 4 is 39.9 Å². The molecule has 0 aliphatic rings. The van der Waals surface area contributed by atoms with Gasteiger partial charge >= 0.3 is 0 Å². The van der Waals surface area contributed by atoms with Gasteiger partial charge in [-0.1, -0.05) is 12.1 Å². The maximum atomic E-state index is 11.2. The van der Waals surface area contributed by atoms with Crippen LogP contribution in [0.5, 0.6) is 0 Å². The fourth-order valence-electron chi connectivity index (χ4n) is 0.918. The Morgan fingerprint density at radius 3 is 2.64 bits per heavy atom. The molecular weight excluding hydrogens is 267 g/mol. The van der Waals surface area contributed by atoms with E-state index >= 15 is 0 Å². The van der Waals surface area contributed by atoms with Gasteiger partial charge in [0.1, 0.15) is 0 Å². The van der Waals surface area contributed by atoms with Gasteiger partial charge in [-0.3, -0.25) is 4.79 Å². The summed E-state index contributed by atoms with van der Waals surface area (Å²) in [5, 5.41) is 5.54. The summed E-state index contributed by atoms with van der Waals surface area (Å²) in [5.74, 6) is -0.0469. The summed E-state index contributed by atoms with van der Waals surface area (Å²) < 4.78 is 0.888. The maximum absolute atomic E-state index is 11.2. The van der Waals surface area contributed by atoms with Gasteiger partial charge in [0.15, 0.2) is 0 Å². The summed E-state index contributed by atoms with van der Waals surface area (Å²) in [6.07, 6.45) is 0. The number of nitrogens with one attached hydrogen (secondary N) is 2. The van der Waals surface area contributed by atoms with E-state index in [1.165, 1.54) is 0 Å². The van der Waals surface area contributed by atoms with E-state index in [1.54, 1.807) is 7.05 Å². The van der Waals surface area contributed by atoms with E-state index in [0.29, 0.717) is 6.54 Å². The highest BCUT2D eigenvalue weighted by atomic mass is 79.9. The Bertz CT molecular complexity index is 307. The topological polar surface area (TPSA) is 41.1 Å². The molecule has 0 aliphatic heterocycles. The zero-order valence-electron chi connectivity index (χ0n) is 7.71. The minimum Gasteiger partial charge on any atom is -0.324 e. The molecule has 1 aromatic rings. The van der Waals surface area contributed by atoms with Crippen LogP contribution in [0.15, 0.2) is 28.7 Å². The van der Waals surface area contributed by atoms with Crippen molar-refractivity contribution in [3.05, 3.63) is 28.7 Å². The number of hydrogen-bond acceptors (Lipinski definition) is 2. The Labute approximate surface area is 97.8 Å². The number of halogens is 2. The number of carbonyl (C=O) groups is 1. The van der Waals surface area contributed by atoms with Crippen LogP contribution in [-0.4, -0.2) is 19.5 Å². The van der Waals surface area contributed by atoms with Gasteiger partial charge in [0.25, 0.3) is 0 Å². The molecule has 0 spiro atoms. The van der Waals surface area contributed by atoms with Gasteiger partial charge in [-0.15, -0.1) is 12.4 Å². The van der Waals surface area contributed by atoms with Crippen LogP contribution in [0.1, 0.15) is 0 Å². The summed E-state index contributed by atoms with van der Waals surface area (Å²) in [6, 6.07) is 7.50. The van der Waals surface area contributed by atoms with Crippen LogP contribution in [0.25, 0.3) is 0 Å². The molecule has 0 fully saturated rings. The molecule has 0 radical (unpaired) electrons. The molecule has 0 aliphatic carbocycles. The van der Waals surface area contributed by atoms with Crippen molar-refractivity contribution in [3.8, 4) is 0 Å². The maximum Gasteiger partial charge on any atom is 0.238 e. The first-order chi connectivity index (χ1) is 6.24. The molecule has 0 heterocycles. The zero-order chi connectivity index (χ0) is 9.68. The summed E-state index contributed by atoms with van der Waals surface area (Å²) in [4.78, 5) is 11.2. The molecular formula is C9H12BrClN2O. The lowest BCUT2D eigenvalue weighted by atomic mass is 10.3. The van der Waals surface area contributed by atoms with Crippen LogP contribution in [0, 0.1) is 0 Å². The SMILES string of the molecule is CNCC(=O)Nc1ccccc1Br.Cl. The van der Waals surface area contributed by atoms with Gasteiger partial charge in [-0.05, 0) is 35.1 Å². The van der Waals surface area contributed by atoms with Crippen molar-refractivity contribution in [2.75, 3.05) is 18.9 Å². The second-order valence-corrected chi connectivity index (χ2v) is 3.41. The number of carbonyl (C=O) groups excluding carboxylic acids is 1. The minimum absolute atomic E-state index is 0. The van der Waals surface area contributed by atoms with E-state index in [9.17, 15) is 4.79 Å². The molecule has 3 nitrogen and oxygen atoms in total. The summed E-state index contributed by atoms with van der Waals surface area (Å²) >= 11 is 3.34. The lowest BCUT2D eigenvalue weighted by Crippen LogP contribution is -2.25. The average Bonchev–Trinajstić information content (AvgIpc) is 2.09. The van der Waals surface area contributed by atoms with E-state index in [4.69, 9.17) is 0 Å². The predicted molar refractivity (Wildman–Crippen MR) is 63.9 cm³/mol. The zero-order valence-corrected chi connectivity index (χ0v) is 10.1. The summed E-state index contributed by atoms with van der Waals surface area (Å²) in [6.45, 7) is 0.321. The smallest absolute Gasteiger partial charge is 0.238 e. The van der Waals surface area contributed by atoms with Crippen molar-refractivity contribution in [3.63, 3.8) is 0 Å². The summed E-state index contributed by atoms with van der Waals surface area (Å²) in [5.41, 5.74) is 0.794. The van der Waals surface area contributed by atoms with Crippen LogP contribution in [0.2, 0.25) is 0 Å². The van der Waals surface area contributed by atoms with Crippen LogP contribution < -0.4 is 10.6 Å². The molecule has 5 heteroatoms. The Balaban J connectivity index is 0.00000169. The van der Waals surface area contributed by atoms with Crippen LogP contribution in [-0.2, 0) is 4.79 Å². The minimum atomic E-state index is -0.0469. The number of hydrogen-bond donors (Lipinski definition) is 2. The normalized spacial score (nSPS) is 9.00. The van der Waals surface area contributed by atoms with Gasteiger partial charge in [-0.25, -0.2) is 0 Å². The third-order valence-corrected chi connectivity index (χ3v) is 2.18. The fraction of sp³-hybridized carbons (Fsp3) is 0.222. The van der Waals surface area contributed by atoms with E-state index in [-0.39, 0.29) is 18.3 Å². The highest BCUT2D eigenvalue weighted by Crippen LogP contribution is 2.20. The molecule has 0 saturated heterocycles. The van der Waals surface area contributed by atoms with Gasteiger partial charge in [0.05, 0.1) is 12.2 Å². The molecule has 1 aromatic carbocycles.